The molecule has 0 radical (unpaired) electrons. The van der Waals surface area contributed by atoms with Gasteiger partial charge >= 0.3 is 0 Å². The van der Waals surface area contributed by atoms with Crippen LogP contribution in [0.4, 0.5) is 0 Å². The van der Waals surface area contributed by atoms with E-state index in [0.717, 1.165) is 19.5 Å². The van der Waals surface area contributed by atoms with E-state index in [9.17, 15) is 4.79 Å². The molecule has 0 bridgehead atoms. The first-order chi connectivity index (χ1) is 6.70. The summed E-state index contributed by atoms with van der Waals surface area (Å²) in [4.78, 5) is 13.7. The van der Waals surface area contributed by atoms with E-state index in [2.05, 4.69) is 13.8 Å². The van der Waals surface area contributed by atoms with E-state index < -0.39 is 0 Å². The van der Waals surface area contributed by atoms with E-state index in [-0.39, 0.29) is 23.5 Å². The zero-order valence-corrected chi connectivity index (χ0v) is 10.6. The number of hydrogen-bond acceptors (Lipinski definition) is 2. The Morgan fingerprint density at radius 2 is 2.00 bits per heavy atom. The van der Waals surface area contributed by atoms with Crippen molar-refractivity contribution in [1.29, 1.82) is 0 Å². The molecular formula is C12H23NO2. The first kappa shape index (κ1) is 12.5. The summed E-state index contributed by atoms with van der Waals surface area (Å²) >= 11 is 0. The van der Waals surface area contributed by atoms with Crippen molar-refractivity contribution >= 4 is 5.91 Å². The van der Waals surface area contributed by atoms with Crippen molar-refractivity contribution in [3.63, 3.8) is 0 Å². The monoisotopic (exact) mass is 213 g/mol. The van der Waals surface area contributed by atoms with Gasteiger partial charge in [-0.05, 0) is 32.6 Å². The minimum absolute atomic E-state index is 0.121. The molecular weight excluding hydrogens is 190 g/mol. The number of ether oxygens (including phenoxy) is 1. The molecule has 3 nitrogen and oxygen atoms in total. The number of carbonyl (C=O) groups excluding carboxylic acids is 1. The molecule has 1 rings (SSSR count). The maximum Gasteiger partial charge on any atom is 0.248 e. The Morgan fingerprint density at radius 3 is 2.40 bits per heavy atom. The molecule has 0 spiro atoms. The van der Waals surface area contributed by atoms with E-state index in [1.807, 2.05) is 25.7 Å². The molecule has 15 heavy (non-hydrogen) atoms. The Labute approximate surface area is 92.8 Å². The van der Waals surface area contributed by atoms with Crippen LogP contribution in [-0.4, -0.2) is 36.1 Å². The fourth-order valence-corrected chi connectivity index (χ4v) is 1.69. The summed E-state index contributed by atoms with van der Waals surface area (Å²) < 4.78 is 5.48. The lowest BCUT2D eigenvalue weighted by Crippen LogP contribution is -2.35. The fourth-order valence-electron chi connectivity index (χ4n) is 1.69. The first-order valence-electron chi connectivity index (χ1n) is 5.61. The predicted octanol–water partition coefficient (Wildman–Crippen LogP) is 2.06. The summed E-state index contributed by atoms with van der Waals surface area (Å²) in [6.45, 7) is 12.2. The molecule has 0 aliphatic carbocycles. The van der Waals surface area contributed by atoms with Crippen LogP contribution in [0.5, 0.6) is 0 Å². The van der Waals surface area contributed by atoms with Gasteiger partial charge in [0.05, 0.1) is 5.60 Å². The maximum atomic E-state index is 11.8. The van der Waals surface area contributed by atoms with Crippen LogP contribution in [0.2, 0.25) is 0 Å². The van der Waals surface area contributed by atoms with Gasteiger partial charge in [-0.15, -0.1) is 0 Å². The normalized spacial score (nSPS) is 20.7. The van der Waals surface area contributed by atoms with Crippen molar-refractivity contribution < 1.29 is 9.53 Å². The van der Waals surface area contributed by atoms with E-state index >= 15 is 0 Å². The highest BCUT2D eigenvalue weighted by atomic mass is 16.5. The highest BCUT2D eigenvalue weighted by Crippen LogP contribution is 2.28. The number of nitrogens with zero attached hydrogens (tertiary/aromatic N) is 1. The molecule has 1 aliphatic heterocycles. The minimum Gasteiger partial charge on any atom is -0.366 e. The molecule has 0 N–H and O–H groups in total. The minimum atomic E-state index is -0.231. The lowest BCUT2D eigenvalue weighted by Gasteiger charge is -2.23. The third-order valence-electron chi connectivity index (χ3n) is 2.66. The van der Waals surface area contributed by atoms with E-state index in [1.165, 1.54) is 0 Å². The highest BCUT2D eigenvalue weighted by Gasteiger charge is 2.32. The molecule has 1 amide bonds. The quantitative estimate of drug-likeness (QED) is 0.702. The summed E-state index contributed by atoms with van der Waals surface area (Å²) in [6.07, 6.45) is 1.09. The number of amides is 1. The predicted molar refractivity (Wildman–Crippen MR) is 60.7 cm³/mol. The van der Waals surface area contributed by atoms with Gasteiger partial charge < -0.3 is 9.64 Å². The smallest absolute Gasteiger partial charge is 0.248 e. The van der Waals surface area contributed by atoms with Crippen LogP contribution >= 0.6 is 0 Å². The molecule has 1 saturated heterocycles. The zero-order chi connectivity index (χ0) is 11.7. The van der Waals surface area contributed by atoms with Crippen molar-refractivity contribution in [3.8, 4) is 0 Å². The summed E-state index contributed by atoms with van der Waals surface area (Å²) in [6, 6.07) is 0. The van der Waals surface area contributed by atoms with Crippen molar-refractivity contribution in [2.75, 3.05) is 19.7 Å². The number of likely N-dealkylation sites (tertiary alicyclic amines) is 1. The molecule has 1 aliphatic rings. The van der Waals surface area contributed by atoms with Crippen LogP contribution in [0.25, 0.3) is 0 Å². The molecule has 0 aromatic heterocycles. The Hall–Kier alpha value is -0.570. The molecule has 1 fully saturated rings. The molecule has 0 saturated carbocycles. The Morgan fingerprint density at radius 1 is 1.40 bits per heavy atom. The van der Waals surface area contributed by atoms with Gasteiger partial charge in [-0.1, -0.05) is 13.8 Å². The van der Waals surface area contributed by atoms with Crippen LogP contribution in [0.1, 0.15) is 41.0 Å². The van der Waals surface area contributed by atoms with Crippen molar-refractivity contribution in [3.05, 3.63) is 0 Å². The highest BCUT2D eigenvalue weighted by molar-refractivity contribution is 5.77. The molecule has 88 valence electrons. The molecule has 0 aromatic rings. The van der Waals surface area contributed by atoms with E-state index in [0.29, 0.717) is 0 Å². The standard InChI is InChI=1S/C12H23NO2/c1-11(2,3)15-8-10(14)13-7-6-12(4,5)9-13/h6-9H2,1-5H3. The Kier molecular flexibility index (Phi) is 3.44. The zero-order valence-electron chi connectivity index (χ0n) is 10.6. The largest absolute Gasteiger partial charge is 0.366 e. The summed E-state index contributed by atoms with van der Waals surface area (Å²) in [7, 11) is 0. The number of rotatable bonds is 2. The lowest BCUT2D eigenvalue weighted by atomic mass is 9.93. The van der Waals surface area contributed by atoms with Crippen LogP contribution in [-0.2, 0) is 9.53 Å². The third-order valence-corrected chi connectivity index (χ3v) is 2.66. The Bertz CT molecular complexity index is 240. The molecule has 0 aromatic carbocycles. The second-order valence-corrected chi connectivity index (χ2v) is 6.13. The SMILES string of the molecule is CC1(C)CCN(C(=O)COC(C)(C)C)C1. The molecule has 0 unspecified atom stereocenters. The van der Waals surface area contributed by atoms with E-state index in [4.69, 9.17) is 4.74 Å². The fraction of sp³-hybridized carbons (Fsp3) is 0.917. The van der Waals surface area contributed by atoms with Gasteiger partial charge in [-0.3, -0.25) is 4.79 Å². The van der Waals surface area contributed by atoms with Crippen LogP contribution in [0.3, 0.4) is 0 Å². The van der Waals surface area contributed by atoms with Gasteiger partial charge in [-0.25, -0.2) is 0 Å². The molecule has 0 atom stereocenters. The molecule has 1 heterocycles. The second-order valence-electron chi connectivity index (χ2n) is 6.13. The van der Waals surface area contributed by atoms with Gasteiger partial charge in [0.2, 0.25) is 5.91 Å². The van der Waals surface area contributed by atoms with Crippen molar-refractivity contribution in [2.45, 2.75) is 46.6 Å². The third kappa shape index (κ3) is 4.20. The van der Waals surface area contributed by atoms with Crippen LogP contribution in [0, 0.1) is 5.41 Å². The summed E-state index contributed by atoms with van der Waals surface area (Å²) in [5, 5.41) is 0. The maximum absolute atomic E-state index is 11.8. The van der Waals surface area contributed by atoms with E-state index in [1.54, 1.807) is 0 Å². The molecule has 3 heteroatoms. The number of hydrogen-bond donors (Lipinski definition) is 0. The first-order valence-corrected chi connectivity index (χ1v) is 5.61. The van der Waals surface area contributed by atoms with Crippen LogP contribution < -0.4 is 0 Å². The van der Waals surface area contributed by atoms with Gasteiger partial charge in [0.1, 0.15) is 6.61 Å². The van der Waals surface area contributed by atoms with Gasteiger partial charge in [0.15, 0.2) is 0 Å². The second kappa shape index (κ2) is 4.12. The van der Waals surface area contributed by atoms with Crippen molar-refractivity contribution in [2.24, 2.45) is 5.41 Å². The summed E-state index contributed by atoms with van der Waals surface area (Å²) in [5.74, 6) is 0.121. The average Bonchev–Trinajstić information content (AvgIpc) is 2.40. The van der Waals surface area contributed by atoms with Crippen molar-refractivity contribution in [1.82, 2.24) is 4.90 Å². The van der Waals surface area contributed by atoms with Crippen LogP contribution in [0.15, 0.2) is 0 Å². The number of carbonyl (C=O) groups is 1. The topological polar surface area (TPSA) is 29.5 Å². The lowest BCUT2D eigenvalue weighted by molar-refractivity contribution is -0.140. The van der Waals surface area contributed by atoms with Gasteiger partial charge in [0.25, 0.3) is 0 Å². The van der Waals surface area contributed by atoms with Gasteiger partial charge in [0, 0.05) is 13.1 Å². The average molecular weight is 213 g/mol. The summed E-state index contributed by atoms with van der Waals surface area (Å²) in [5.41, 5.74) is 0.0439. The Balaban J connectivity index is 2.37. The van der Waals surface area contributed by atoms with Gasteiger partial charge in [-0.2, -0.15) is 0 Å².